The molecule has 0 aromatic heterocycles. The van der Waals surface area contributed by atoms with Gasteiger partial charge in [-0.05, 0) is 68.2 Å². The van der Waals surface area contributed by atoms with Gasteiger partial charge >= 0.3 is 5.97 Å². The number of thiocarbonyl (C=S) groups is 1. The van der Waals surface area contributed by atoms with Crippen LogP contribution in [0.5, 0.6) is 0 Å². The van der Waals surface area contributed by atoms with E-state index in [2.05, 4.69) is 49.6 Å². The van der Waals surface area contributed by atoms with Gasteiger partial charge in [0, 0.05) is 5.69 Å². The molecule has 0 bridgehead atoms. The molecule has 138 valence electrons. The summed E-state index contributed by atoms with van der Waals surface area (Å²) in [6, 6.07) is 11.9. The van der Waals surface area contributed by atoms with Crippen molar-refractivity contribution in [3.8, 4) is 0 Å². The summed E-state index contributed by atoms with van der Waals surface area (Å²) in [7, 11) is 1.37. The summed E-state index contributed by atoms with van der Waals surface area (Å²) in [4.78, 5) is 11.7. The molecule has 0 saturated carbocycles. The van der Waals surface area contributed by atoms with E-state index in [-0.39, 0.29) is 12.0 Å². The molecular weight excluding hydrogens is 344 g/mol. The minimum atomic E-state index is -0.367. The van der Waals surface area contributed by atoms with E-state index in [0.29, 0.717) is 10.7 Å². The fraction of sp³-hybridized carbons (Fsp3) is 0.333. The monoisotopic (exact) mass is 370 g/mol. The van der Waals surface area contributed by atoms with Crippen molar-refractivity contribution in [2.45, 2.75) is 40.2 Å². The Kier molecular flexibility index (Phi) is 6.75. The van der Waals surface area contributed by atoms with E-state index in [1.165, 1.54) is 23.8 Å². The molecule has 0 aliphatic heterocycles. The summed E-state index contributed by atoms with van der Waals surface area (Å²) in [5.74, 6) is -0.367. The molecule has 2 N–H and O–H groups in total. The zero-order valence-corrected chi connectivity index (χ0v) is 16.8. The first-order valence-electron chi connectivity index (χ1n) is 8.69. The van der Waals surface area contributed by atoms with Crippen molar-refractivity contribution in [2.24, 2.45) is 0 Å². The quantitative estimate of drug-likeness (QED) is 0.583. The number of carbonyl (C=O) groups excluding carboxylic acids is 1. The summed E-state index contributed by atoms with van der Waals surface area (Å²) < 4.78 is 4.78. The molecule has 0 unspecified atom stereocenters. The maximum atomic E-state index is 11.7. The average Bonchev–Trinajstić information content (AvgIpc) is 2.61. The molecule has 2 rings (SSSR count). The van der Waals surface area contributed by atoms with Gasteiger partial charge in [-0.1, -0.05) is 36.8 Å². The number of hydrogen-bond acceptors (Lipinski definition) is 3. The number of anilines is 1. The van der Waals surface area contributed by atoms with Crippen molar-refractivity contribution in [3.63, 3.8) is 0 Å². The van der Waals surface area contributed by atoms with Crippen LogP contribution in [0.15, 0.2) is 36.4 Å². The topological polar surface area (TPSA) is 50.4 Å². The molecule has 0 fully saturated rings. The SMILES string of the molecule is CC[C@H](NC(=S)Nc1cc(C(=O)OC)ccc1C)c1ccc(C)cc1C. The van der Waals surface area contributed by atoms with Crippen LogP contribution in [0.4, 0.5) is 5.69 Å². The second-order valence-electron chi connectivity index (χ2n) is 6.44. The highest BCUT2D eigenvalue weighted by atomic mass is 32.1. The van der Waals surface area contributed by atoms with Gasteiger partial charge in [0.15, 0.2) is 5.11 Å². The van der Waals surface area contributed by atoms with Gasteiger partial charge in [-0.25, -0.2) is 4.79 Å². The molecule has 2 aromatic carbocycles. The Morgan fingerprint density at radius 3 is 2.46 bits per heavy atom. The summed E-state index contributed by atoms with van der Waals surface area (Å²) in [5, 5.41) is 7.12. The first-order chi connectivity index (χ1) is 12.3. The van der Waals surface area contributed by atoms with E-state index < -0.39 is 0 Å². The Labute approximate surface area is 161 Å². The standard InChI is InChI=1S/C21H26N2O2S/c1-6-18(17-10-7-13(2)11-15(17)4)22-21(26)23-19-12-16(20(24)25-5)9-8-14(19)3/h7-12,18H,6H2,1-5H3,(H2,22,23,26)/t18-/m0/s1. The number of esters is 1. The second-order valence-corrected chi connectivity index (χ2v) is 6.85. The number of ether oxygens (including phenoxy) is 1. The lowest BCUT2D eigenvalue weighted by molar-refractivity contribution is 0.0601. The lowest BCUT2D eigenvalue weighted by atomic mass is 9.98. The minimum Gasteiger partial charge on any atom is -0.465 e. The Morgan fingerprint density at radius 1 is 1.12 bits per heavy atom. The summed E-state index contributed by atoms with van der Waals surface area (Å²) in [6.45, 7) is 8.30. The van der Waals surface area contributed by atoms with Gasteiger partial charge in [-0.2, -0.15) is 0 Å². The number of hydrogen-bond donors (Lipinski definition) is 2. The molecule has 0 aliphatic carbocycles. The van der Waals surface area contributed by atoms with Gasteiger partial charge in [0.25, 0.3) is 0 Å². The van der Waals surface area contributed by atoms with Gasteiger partial charge in [-0.3, -0.25) is 0 Å². The number of nitrogens with one attached hydrogen (secondary N) is 2. The molecule has 1 atom stereocenters. The number of carbonyl (C=O) groups is 1. The van der Waals surface area contributed by atoms with Gasteiger partial charge in [0.2, 0.25) is 0 Å². The third-order valence-corrected chi connectivity index (χ3v) is 4.64. The largest absolute Gasteiger partial charge is 0.465 e. The molecule has 0 radical (unpaired) electrons. The van der Waals surface area contributed by atoms with Crippen LogP contribution in [-0.4, -0.2) is 18.2 Å². The maximum Gasteiger partial charge on any atom is 0.337 e. The molecule has 2 aromatic rings. The molecule has 0 spiro atoms. The van der Waals surface area contributed by atoms with Crippen molar-refractivity contribution < 1.29 is 9.53 Å². The number of benzene rings is 2. The fourth-order valence-electron chi connectivity index (χ4n) is 2.93. The van der Waals surface area contributed by atoms with Crippen molar-refractivity contribution in [3.05, 3.63) is 64.2 Å². The first-order valence-corrected chi connectivity index (χ1v) is 9.10. The minimum absolute atomic E-state index is 0.125. The van der Waals surface area contributed by atoms with Gasteiger partial charge in [0.1, 0.15) is 0 Å². The molecular formula is C21H26N2O2S. The Bertz CT molecular complexity index is 818. The normalized spacial score (nSPS) is 11.6. The highest BCUT2D eigenvalue weighted by Gasteiger charge is 2.14. The Balaban J connectivity index is 2.15. The van der Waals surface area contributed by atoms with Crippen LogP contribution in [0.25, 0.3) is 0 Å². The molecule has 5 heteroatoms. The van der Waals surface area contributed by atoms with Crippen LogP contribution in [0.2, 0.25) is 0 Å². The lowest BCUT2D eigenvalue weighted by Gasteiger charge is -2.22. The van der Waals surface area contributed by atoms with Crippen LogP contribution < -0.4 is 10.6 Å². The van der Waals surface area contributed by atoms with Crippen LogP contribution in [0.3, 0.4) is 0 Å². The second kappa shape index (κ2) is 8.81. The van der Waals surface area contributed by atoms with Crippen LogP contribution in [0, 0.1) is 20.8 Å². The molecule has 4 nitrogen and oxygen atoms in total. The molecule has 0 amide bonds. The summed E-state index contributed by atoms with van der Waals surface area (Å²) >= 11 is 5.51. The van der Waals surface area contributed by atoms with Crippen molar-refractivity contribution >= 4 is 29.0 Å². The Hall–Kier alpha value is -2.40. The van der Waals surface area contributed by atoms with Crippen molar-refractivity contribution in [2.75, 3.05) is 12.4 Å². The van der Waals surface area contributed by atoms with E-state index in [9.17, 15) is 4.79 Å². The van der Waals surface area contributed by atoms with Crippen LogP contribution in [-0.2, 0) is 4.74 Å². The van der Waals surface area contributed by atoms with E-state index in [4.69, 9.17) is 17.0 Å². The molecule has 26 heavy (non-hydrogen) atoms. The Morgan fingerprint density at radius 2 is 1.85 bits per heavy atom. The predicted molar refractivity (Wildman–Crippen MR) is 111 cm³/mol. The summed E-state index contributed by atoms with van der Waals surface area (Å²) in [6.07, 6.45) is 0.910. The highest BCUT2D eigenvalue weighted by Crippen LogP contribution is 2.23. The van der Waals surface area contributed by atoms with Crippen molar-refractivity contribution in [1.82, 2.24) is 5.32 Å². The summed E-state index contributed by atoms with van der Waals surface area (Å²) in [5.41, 5.74) is 6.02. The number of aryl methyl sites for hydroxylation is 3. The van der Waals surface area contributed by atoms with Crippen LogP contribution in [0.1, 0.15) is 52.0 Å². The molecule has 0 saturated heterocycles. The van der Waals surface area contributed by atoms with E-state index in [0.717, 1.165) is 17.7 Å². The molecule has 0 heterocycles. The van der Waals surface area contributed by atoms with E-state index in [1.807, 2.05) is 13.0 Å². The van der Waals surface area contributed by atoms with Gasteiger partial charge in [0.05, 0.1) is 18.7 Å². The molecule has 0 aliphatic rings. The zero-order chi connectivity index (χ0) is 19.3. The predicted octanol–water partition coefficient (Wildman–Crippen LogP) is 4.84. The van der Waals surface area contributed by atoms with Gasteiger partial charge < -0.3 is 15.4 Å². The first kappa shape index (κ1) is 19.9. The third-order valence-electron chi connectivity index (χ3n) is 4.42. The van der Waals surface area contributed by atoms with Crippen molar-refractivity contribution in [1.29, 1.82) is 0 Å². The third kappa shape index (κ3) is 4.82. The number of methoxy groups -OCH3 is 1. The zero-order valence-electron chi connectivity index (χ0n) is 16.0. The van der Waals surface area contributed by atoms with Gasteiger partial charge in [-0.15, -0.1) is 0 Å². The highest BCUT2D eigenvalue weighted by molar-refractivity contribution is 7.80. The van der Waals surface area contributed by atoms with Crippen LogP contribution >= 0.6 is 12.2 Å². The lowest BCUT2D eigenvalue weighted by Crippen LogP contribution is -2.32. The maximum absolute atomic E-state index is 11.7. The van der Waals surface area contributed by atoms with E-state index in [1.54, 1.807) is 12.1 Å². The number of rotatable bonds is 5. The fourth-order valence-corrected chi connectivity index (χ4v) is 3.19. The smallest absolute Gasteiger partial charge is 0.337 e. The van der Waals surface area contributed by atoms with E-state index >= 15 is 0 Å². The average molecular weight is 371 g/mol.